The van der Waals surface area contributed by atoms with Crippen molar-refractivity contribution < 1.29 is 0 Å². The molecule has 0 aliphatic carbocycles. The van der Waals surface area contributed by atoms with E-state index in [1.165, 1.54) is 11.3 Å². The molecule has 2 aromatic carbocycles. The van der Waals surface area contributed by atoms with Crippen LogP contribution in [0.1, 0.15) is 0 Å². The Morgan fingerprint density at radius 1 is 0.905 bits per heavy atom. The third-order valence-electron chi connectivity index (χ3n) is 2.83. The van der Waals surface area contributed by atoms with Gasteiger partial charge in [-0.05, 0) is 24.4 Å². The summed E-state index contributed by atoms with van der Waals surface area (Å²) in [6.07, 6.45) is 0. The molecule has 0 fully saturated rings. The maximum atomic E-state index is 5.29. The van der Waals surface area contributed by atoms with E-state index in [0.29, 0.717) is 5.11 Å². The zero-order valence-electron chi connectivity index (χ0n) is 11.1. The van der Waals surface area contributed by atoms with Gasteiger partial charge in [-0.2, -0.15) is 0 Å². The first-order chi connectivity index (χ1) is 10.3. The number of nitrogens with one attached hydrogen (secondary N) is 2. The lowest BCUT2D eigenvalue weighted by atomic mass is 10.2. The van der Waals surface area contributed by atoms with Crippen LogP contribution in [-0.4, -0.2) is 10.1 Å². The van der Waals surface area contributed by atoms with Crippen molar-refractivity contribution in [3.8, 4) is 11.3 Å². The highest BCUT2D eigenvalue weighted by Crippen LogP contribution is 2.24. The molecule has 104 valence electrons. The van der Waals surface area contributed by atoms with Crippen molar-refractivity contribution in [2.75, 3.05) is 10.6 Å². The fourth-order valence-corrected chi connectivity index (χ4v) is 2.86. The third-order valence-corrected chi connectivity index (χ3v) is 3.79. The van der Waals surface area contributed by atoms with Crippen LogP contribution in [-0.2, 0) is 0 Å². The van der Waals surface area contributed by atoms with Crippen molar-refractivity contribution in [3.05, 3.63) is 66.0 Å². The summed E-state index contributed by atoms with van der Waals surface area (Å²) in [5.74, 6) is 0. The zero-order chi connectivity index (χ0) is 14.5. The van der Waals surface area contributed by atoms with Crippen LogP contribution >= 0.6 is 23.6 Å². The molecule has 0 aliphatic rings. The number of benzene rings is 2. The van der Waals surface area contributed by atoms with Crippen molar-refractivity contribution in [3.63, 3.8) is 0 Å². The molecule has 0 radical (unpaired) electrons. The number of aromatic nitrogens is 1. The molecule has 3 nitrogen and oxygen atoms in total. The second-order valence-corrected chi connectivity index (χ2v) is 5.62. The molecule has 1 aromatic heterocycles. The molecule has 0 amide bonds. The number of hydrogen-bond acceptors (Lipinski definition) is 3. The summed E-state index contributed by atoms with van der Waals surface area (Å²) in [4.78, 5) is 4.54. The van der Waals surface area contributed by atoms with Crippen molar-refractivity contribution in [2.24, 2.45) is 0 Å². The first kappa shape index (κ1) is 13.7. The minimum Gasteiger partial charge on any atom is -0.332 e. The fourth-order valence-electron chi connectivity index (χ4n) is 1.85. The number of nitrogens with zero attached hydrogens (tertiary/aromatic N) is 1. The van der Waals surface area contributed by atoms with E-state index in [1.807, 2.05) is 66.0 Å². The van der Waals surface area contributed by atoms with E-state index in [-0.39, 0.29) is 0 Å². The number of hydrogen-bond donors (Lipinski definition) is 2. The van der Waals surface area contributed by atoms with Gasteiger partial charge in [0.1, 0.15) is 0 Å². The summed E-state index contributed by atoms with van der Waals surface area (Å²) in [6, 6.07) is 19.9. The van der Waals surface area contributed by atoms with E-state index in [0.717, 1.165) is 22.1 Å². The van der Waals surface area contributed by atoms with Gasteiger partial charge in [-0.1, -0.05) is 48.5 Å². The zero-order valence-corrected chi connectivity index (χ0v) is 12.7. The van der Waals surface area contributed by atoms with Gasteiger partial charge in [0.2, 0.25) is 0 Å². The van der Waals surface area contributed by atoms with E-state index < -0.39 is 0 Å². The summed E-state index contributed by atoms with van der Waals surface area (Å²) in [5.41, 5.74) is 3.00. The highest BCUT2D eigenvalue weighted by molar-refractivity contribution is 7.80. The maximum Gasteiger partial charge on any atom is 0.189 e. The summed E-state index contributed by atoms with van der Waals surface area (Å²) in [5, 5.41) is 9.57. The predicted molar refractivity (Wildman–Crippen MR) is 93.8 cm³/mol. The lowest BCUT2D eigenvalue weighted by Crippen LogP contribution is -2.18. The molecule has 1 heterocycles. The molecule has 0 aliphatic heterocycles. The van der Waals surface area contributed by atoms with Crippen LogP contribution in [0.15, 0.2) is 66.0 Å². The summed E-state index contributed by atoms with van der Waals surface area (Å²) < 4.78 is 0. The van der Waals surface area contributed by atoms with Gasteiger partial charge in [0.05, 0.1) is 5.69 Å². The van der Waals surface area contributed by atoms with Gasteiger partial charge < -0.3 is 10.6 Å². The number of rotatable bonds is 3. The van der Waals surface area contributed by atoms with Crippen LogP contribution in [0.4, 0.5) is 10.8 Å². The summed E-state index contributed by atoms with van der Waals surface area (Å²) >= 11 is 6.82. The van der Waals surface area contributed by atoms with Gasteiger partial charge in [-0.3, -0.25) is 0 Å². The van der Waals surface area contributed by atoms with Crippen molar-refractivity contribution in [2.45, 2.75) is 0 Å². The van der Waals surface area contributed by atoms with E-state index in [2.05, 4.69) is 15.6 Å². The Hall–Kier alpha value is -2.24. The topological polar surface area (TPSA) is 37.0 Å². The Balaban J connectivity index is 1.66. The molecule has 21 heavy (non-hydrogen) atoms. The van der Waals surface area contributed by atoms with Crippen LogP contribution in [0.3, 0.4) is 0 Å². The van der Waals surface area contributed by atoms with Gasteiger partial charge in [-0.15, -0.1) is 11.3 Å². The number of para-hydroxylation sites is 1. The lowest BCUT2D eigenvalue weighted by Gasteiger charge is -2.07. The van der Waals surface area contributed by atoms with E-state index in [9.17, 15) is 0 Å². The highest BCUT2D eigenvalue weighted by atomic mass is 32.1. The van der Waals surface area contributed by atoms with Crippen LogP contribution in [0.2, 0.25) is 0 Å². The van der Waals surface area contributed by atoms with Gasteiger partial charge in [0, 0.05) is 16.6 Å². The molecular weight excluding hydrogens is 298 g/mol. The SMILES string of the molecule is S=C(Nc1ccccc1)Nc1nc(-c2ccccc2)cs1. The fraction of sp³-hybridized carbons (Fsp3) is 0. The van der Waals surface area contributed by atoms with Gasteiger partial charge in [0.25, 0.3) is 0 Å². The average molecular weight is 311 g/mol. The summed E-state index contributed by atoms with van der Waals surface area (Å²) in [7, 11) is 0. The molecule has 0 saturated heterocycles. The minimum atomic E-state index is 0.537. The van der Waals surface area contributed by atoms with Crippen LogP contribution in [0.25, 0.3) is 11.3 Å². The van der Waals surface area contributed by atoms with Crippen LogP contribution in [0.5, 0.6) is 0 Å². The molecule has 5 heteroatoms. The van der Waals surface area contributed by atoms with Crippen LogP contribution in [0, 0.1) is 0 Å². The van der Waals surface area contributed by atoms with Crippen molar-refractivity contribution in [1.82, 2.24) is 4.98 Å². The third kappa shape index (κ3) is 3.65. The minimum absolute atomic E-state index is 0.537. The predicted octanol–water partition coefficient (Wildman–Crippen LogP) is 4.62. The Bertz CT molecular complexity index is 724. The van der Waals surface area contributed by atoms with Crippen molar-refractivity contribution in [1.29, 1.82) is 0 Å². The van der Waals surface area contributed by atoms with Gasteiger partial charge in [-0.25, -0.2) is 4.98 Å². The lowest BCUT2D eigenvalue weighted by molar-refractivity contribution is 1.40. The van der Waals surface area contributed by atoms with E-state index >= 15 is 0 Å². The molecule has 0 spiro atoms. The standard InChI is InChI=1S/C16H13N3S2/c20-15(17-13-9-5-2-6-10-13)19-16-18-14(11-21-16)12-7-3-1-4-8-12/h1-11H,(H2,17,18,19,20). The molecule has 0 bridgehead atoms. The Labute approximate surface area is 132 Å². The Kier molecular flexibility index (Phi) is 4.23. The number of anilines is 2. The Morgan fingerprint density at radius 3 is 2.29 bits per heavy atom. The highest BCUT2D eigenvalue weighted by Gasteiger charge is 2.05. The molecule has 0 unspecified atom stereocenters. The molecule has 0 saturated carbocycles. The smallest absolute Gasteiger partial charge is 0.189 e. The summed E-state index contributed by atoms with van der Waals surface area (Å²) in [6.45, 7) is 0. The number of thiocarbonyl (C=S) groups is 1. The van der Waals surface area contributed by atoms with Crippen LogP contribution < -0.4 is 10.6 Å². The largest absolute Gasteiger partial charge is 0.332 e. The van der Waals surface area contributed by atoms with Crippen molar-refractivity contribution >= 4 is 39.5 Å². The van der Waals surface area contributed by atoms with Gasteiger partial charge in [0.15, 0.2) is 10.2 Å². The molecule has 3 rings (SSSR count). The van der Waals surface area contributed by atoms with E-state index in [1.54, 1.807) is 0 Å². The van der Waals surface area contributed by atoms with E-state index in [4.69, 9.17) is 12.2 Å². The molecule has 3 aromatic rings. The molecule has 0 atom stereocenters. The average Bonchev–Trinajstić information content (AvgIpc) is 2.97. The normalized spacial score (nSPS) is 10.1. The quantitative estimate of drug-likeness (QED) is 0.692. The Morgan fingerprint density at radius 2 is 1.57 bits per heavy atom. The molecular formula is C16H13N3S2. The number of thiazole rings is 1. The monoisotopic (exact) mass is 311 g/mol. The maximum absolute atomic E-state index is 5.29. The second kappa shape index (κ2) is 6.47. The molecule has 2 N–H and O–H groups in total. The second-order valence-electron chi connectivity index (χ2n) is 4.35. The van der Waals surface area contributed by atoms with Gasteiger partial charge >= 0.3 is 0 Å². The first-order valence-electron chi connectivity index (χ1n) is 6.45. The first-order valence-corrected chi connectivity index (χ1v) is 7.74.